The molecule has 90 valence electrons. The number of alkyl halides is 3. The first-order chi connectivity index (χ1) is 7.30. The van der Waals surface area contributed by atoms with Gasteiger partial charge in [0.15, 0.2) is 6.10 Å². The molecule has 0 fully saturated rings. The van der Waals surface area contributed by atoms with Crippen molar-refractivity contribution in [3.63, 3.8) is 0 Å². The molecule has 0 amide bonds. The van der Waals surface area contributed by atoms with Crippen LogP contribution in [0.4, 0.5) is 24.5 Å². The largest absolute Gasteiger partial charge is 0.416 e. The zero-order valence-corrected chi connectivity index (χ0v) is 8.67. The van der Waals surface area contributed by atoms with E-state index in [2.05, 4.69) is 5.32 Å². The van der Waals surface area contributed by atoms with Crippen molar-refractivity contribution in [2.24, 2.45) is 0 Å². The number of halogens is 3. The molecule has 16 heavy (non-hydrogen) atoms. The van der Waals surface area contributed by atoms with E-state index >= 15 is 0 Å². The van der Waals surface area contributed by atoms with Crippen LogP contribution < -0.4 is 11.1 Å². The van der Waals surface area contributed by atoms with Gasteiger partial charge in [0.05, 0.1) is 0 Å². The lowest BCUT2D eigenvalue weighted by atomic mass is 10.2. The van der Waals surface area contributed by atoms with Gasteiger partial charge in [0.1, 0.15) is 0 Å². The third kappa shape index (κ3) is 3.30. The van der Waals surface area contributed by atoms with E-state index in [1.807, 2.05) is 0 Å². The fourth-order valence-corrected chi connectivity index (χ4v) is 1.08. The molecule has 0 bridgehead atoms. The van der Waals surface area contributed by atoms with Gasteiger partial charge in [-0.3, -0.25) is 0 Å². The molecule has 0 heterocycles. The molecule has 0 aliphatic rings. The van der Waals surface area contributed by atoms with Gasteiger partial charge in [0.2, 0.25) is 0 Å². The highest BCUT2D eigenvalue weighted by Crippen LogP contribution is 2.21. The van der Waals surface area contributed by atoms with Gasteiger partial charge in [-0.05, 0) is 24.6 Å². The van der Waals surface area contributed by atoms with E-state index in [9.17, 15) is 13.2 Å². The highest BCUT2D eigenvalue weighted by Gasteiger charge is 2.37. The molecule has 0 aliphatic carbocycles. The summed E-state index contributed by atoms with van der Waals surface area (Å²) in [6.45, 7) is 1.20. The van der Waals surface area contributed by atoms with Gasteiger partial charge >= 0.3 is 6.18 Å². The Kier molecular flexibility index (Phi) is 3.64. The van der Waals surface area contributed by atoms with Gasteiger partial charge in [-0.2, -0.15) is 13.2 Å². The van der Waals surface area contributed by atoms with Gasteiger partial charge in [-0.1, -0.05) is 6.07 Å². The monoisotopic (exact) mass is 234 g/mol. The molecule has 0 radical (unpaired) electrons. The Morgan fingerprint density at radius 3 is 2.56 bits per heavy atom. The minimum atomic E-state index is -4.61. The van der Waals surface area contributed by atoms with Gasteiger partial charge in [0.25, 0.3) is 0 Å². The summed E-state index contributed by atoms with van der Waals surface area (Å²) in [6.07, 6.45) is -6.99. The summed E-state index contributed by atoms with van der Waals surface area (Å²) in [7, 11) is 0. The predicted molar refractivity (Wildman–Crippen MR) is 56.1 cm³/mol. The van der Waals surface area contributed by atoms with Crippen molar-refractivity contribution >= 4 is 11.4 Å². The topological polar surface area (TPSA) is 58.3 Å². The van der Waals surface area contributed by atoms with Crippen molar-refractivity contribution in [2.45, 2.75) is 19.2 Å². The van der Waals surface area contributed by atoms with Crippen LogP contribution in [0.3, 0.4) is 0 Å². The minimum absolute atomic E-state index is 0.450. The lowest BCUT2D eigenvalue weighted by Gasteiger charge is -2.16. The molecule has 0 aromatic heterocycles. The fraction of sp³-hybridized carbons (Fsp3) is 0.400. The summed E-state index contributed by atoms with van der Waals surface area (Å²) >= 11 is 0. The van der Waals surface area contributed by atoms with Crippen LogP contribution in [0.2, 0.25) is 0 Å². The number of aliphatic hydroxyl groups is 1. The maximum atomic E-state index is 12.0. The Hall–Kier alpha value is -1.43. The number of aliphatic hydroxyl groups excluding tert-OH is 1. The average Bonchev–Trinajstić information content (AvgIpc) is 2.18. The second kappa shape index (κ2) is 4.61. The third-order valence-corrected chi connectivity index (χ3v) is 2.16. The highest BCUT2D eigenvalue weighted by molar-refractivity contribution is 5.58. The Morgan fingerprint density at radius 1 is 1.44 bits per heavy atom. The summed E-state index contributed by atoms with van der Waals surface area (Å²) in [6, 6.07) is 4.82. The maximum Gasteiger partial charge on any atom is 0.416 e. The SMILES string of the molecule is Cc1ccc(NCC(O)C(F)(F)F)cc1N. The van der Waals surface area contributed by atoms with Crippen LogP contribution in [0, 0.1) is 6.92 Å². The normalized spacial score (nSPS) is 13.6. The highest BCUT2D eigenvalue weighted by atomic mass is 19.4. The molecular formula is C10H13F3N2O. The number of hydrogen-bond donors (Lipinski definition) is 3. The number of hydrogen-bond acceptors (Lipinski definition) is 3. The molecule has 6 heteroatoms. The maximum absolute atomic E-state index is 12.0. The molecular weight excluding hydrogens is 221 g/mol. The number of aryl methyl sites for hydroxylation is 1. The van der Waals surface area contributed by atoms with Crippen LogP contribution in [0.5, 0.6) is 0 Å². The molecule has 4 N–H and O–H groups in total. The Bertz CT molecular complexity index is 366. The average molecular weight is 234 g/mol. The molecule has 1 aromatic carbocycles. The van der Waals surface area contributed by atoms with Crippen LogP contribution >= 0.6 is 0 Å². The number of nitrogen functional groups attached to an aromatic ring is 1. The molecule has 1 atom stereocenters. The molecule has 1 aromatic rings. The number of nitrogens with two attached hydrogens (primary N) is 1. The molecule has 0 saturated carbocycles. The molecule has 1 rings (SSSR count). The smallest absolute Gasteiger partial charge is 0.398 e. The summed E-state index contributed by atoms with van der Waals surface area (Å²) < 4.78 is 35.9. The van der Waals surface area contributed by atoms with Crippen LogP contribution in [0.15, 0.2) is 18.2 Å². The van der Waals surface area contributed by atoms with Crippen LogP contribution in [0.25, 0.3) is 0 Å². The molecule has 0 saturated heterocycles. The standard InChI is InChI=1S/C10H13F3N2O/c1-6-2-3-7(4-8(6)14)15-5-9(16)10(11,12)13/h2-4,9,15-16H,5,14H2,1H3. The van der Waals surface area contributed by atoms with E-state index in [-0.39, 0.29) is 0 Å². The van der Waals surface area contributed by atoms with Gasteiger partial charge < -0.3 is 16.2 Å². The molecule has 0 aliphatic heterocycles. The molecule has 3 nitrogen and oxygen atoms in total. The van der Waals surface area contributed by atoms with Gasteiger partial charge in [-0.25, -0.2) is 0 Å². The van der Waals surface area contributed by atoms with Crippen LogP contribution in [-0.2, 0) is 0 Å². The Balaban J connectivity index is 2.58. The van der Waals surface area contributed by atoms with Crippen molar-refractivity contribution in [3.05, 3.63) is 23.8 Å². The Morgan fingerprint density at radius 2 is 2.06 bits per heavy atom. The van der Waals surface area contributed by atoms with Crippen LogP contribution in [-0.4, -0.2) is 23.9 Å². The number of anilines is 2. The lowest BCUT2D eigenvalue weighted by Crippen LogP contribution is -2.35. The first-order valence-corrected chi connectivity index (χ1v) is 4.65. The number of rotatable bonds is 3. The van der Waals surface area contributed by atoms with E-state index in [0.29, 0.717) is 11.4 Å². The fourth-order valence-electron chi connectivity index (χ4n) is 1.08. The predicted octanol–water partition coefficient (Wildman–Crippen LogP) is 1.91. The molecule has 0 spiro atoms. The minimum Gasteiger partial charge on any atom is -0.398 e. The van der Waals surface area contributed by atoms with Crippen molar-refractivity contribution in [2.75, 3.05) is 17.6 Å². The zero-order chi connectivity index (χ0) is 12.3. The summed E-state index contributed by atoms with van der Waals surface area (Å²) in [5.74, 6) is 0. The first-order valence-electron chi connectivity index (χ1n) is 4.65. The second-order valence-electron chi connectivity index (χ2n) is 3.51. The van der Waals surface area contributed by atoms with Crippen molar-refractivity contribution in [1.82, 2.24) is 0 Å². The summed E-state index contributed by atoms with van der Waals surface area (Å²) in [4.78, 5) is 0. The van der Waals surface area contributed by atoms with Gasteiger partial charge in [0, 0.05) is 17.9 Å². The first kappa shape index (κ1) is 12.6. The quantitative estimate of drug-likeness (QED) is 0.700. The number of benzene rings is 1. The van der Waals surface area contributed by atoms with Crippen molar-refractivity contribution in [3.8, 4) is 0 Å². The summed E-state index contributed by atoms with van der Waals surface area (Å²) in [5, 5.41) is 11.2. The van der Waals surface area contributed by atoms with Crippen molar-refractivity contribution in [1.29, 1.82) is 0 Å². The van der Waals surface area contributed by atoms with E-state index in [0.717, 1.165) is 5.56 Å². The van der Waals surface area contributed by atoms with E-state index in [1.54, 1.807) is 19.1 Å². The van der Waals surface area contributed by atoms with Crippen LogP contribution in [0.1, 0.15) is 5.56 Å². The van der Waals surface area contributed by atoms with E-state index < -0.39 is 18.8 Å². The second-order valence-corrected chi connectivity index (χ2v) is 3.51. The van der Waals surface area contributed by atoms with E-state index in [4.69, 9.17) is 10.8 Å². The zero-order valence-electron chi connectivity index (χ0n) is 8.67. The van der Waals surface area contributed by atoms with E-state index in [1.165, 1.54) is 6.07 Å². The molecule has 1 unspecified atom stereocenters. The van der Waals surface area contributed by atoms with Crippen molar-refractivity contribution < 1.29 is 18.3 Å². The Labute approximate surface area is 91.1 Å². The van der Waals surface area contributed by atoms with Gasteiger partial charge in [-0.15, -0.1) is 0 Å². The summed E-state index contributed by atoms with van der Waals surface area (Å²) in [5.41, 5.74) is 7.38. The number of nitrogens with one attached hydrogen (secondary N) is 1. The third-order valence-electron chi connectivity index (χ3n) is 2.16. The lowest BCUT2D eigenvalue weighted by molar-refractivity contribution is -0.198.